The van der Waals surface area contributed by atoms with Crippen LogP contribution in [0, 0.1) is 6.92 Å². The number of halogens is 1. The Morgan fingerprint density at radius 3 is 2.15 bits per heavy atom. The Kier molecular flexibility index (Phi) is 6.79. The highest BCUT2D eigenvalue weighted by atomic mass is 79.9. The van der Waals surface area contributed by atoms with Crippen molar-refractivity contribution >= 4 is 55.9 Å². The van der Waals surface area contributed by atoms with Crippen molar-refractivity contribution in [3.05, 3.63) is 94.1 Å². The fourth-order valence-electron chi connectivity index (χ4n) is 3.47. The SMILES string of the molecule is CCc1ccc(NC(=O)C(=O)Nn2c(C(=O)Nc3ccc(C)cc3)cc3cc(Br)ccc32)cc1. The van der Waals surface area contributed by atoms with Crippen molar-refractivity contribution in [3.8, 4) is 0 Å². The van der Waals surface area contributed by atoms with Gasteiger partial charge < -0.3 is 10.6 Å². The molecule has 0 saturated carbocycles. The molecule has 1 aromatic heterocycles. The van der Waals surface area contributed by atoms with Gasteiger partial charge in [0.2, 0.25) is 0 Å². The van der Waals surface area contributed by atoms with E-state index in [0.29, 0.717) is 16.9 Å². The molecule has 0 aliphatic carbocycles. The highest BCUT2D eigenvalue weighted by Gasteiger charge is 2.21. The molecule has 172 valence electrons. The Morgan fingerprint density at radius 1 is 0.824 bits per heavy atom. The monoisotopic (exact) mass is 518 g/mol. The van der Waals surface area contributed by atoms with E-state index < -0.39 is 17.7 Å². The first kappa shape index (κ1) is 23.3. The summed E-state index contributed by atoms with van der Waals surface area (Å²) >= 11 is 3.42. The summed E-state index contributed by atoms with van der Waals surface area (Å²) in [5.41, 5.74) is 6.64. The molecule has 0 aliphatic heterocycles. The number of hydrogen-bond acceptors (Lipinski definition) is 3. The van der Waals surface area contributed by atoms with Crippen molar-refractivity contribution in [1.82, 2.24) is 4.68 Å². The van der Waals surface area contributed by atoms with E-state index in [9.17, 15) is 14.4 Å². The van der Waals surface area contributed by atoms with Gasteiger partial charge in [-0.1, -0.05) is 52.7 Å². The van der Waals surface area contributed by atoms with Crippen LogP contribution in [0.25, 0.3) is 10.9 Å². The first-order valence-electron chi connectivity index (χ1n) is 10.7. The smallest absolute Gasteiger partial charge is 0.321 e. The Morgan fingerprint density at radius 2 is 1.47 bits per heavy atom. The molecule has 0 radical (unpaired) electrons. The first-order chi connectivity index (χ1) is 16.3. The van der Waals surface area contributed by atoms with Crippen LogP contribution in [0.2, 0.25) is 0 Å². The number of anilines is 2. The van der Waals surface area contributed by atoms with Crippen LogP contribution >= 0.6 is 15.9 Å². The van der Waals surface area contributed by atoms with Crippen LogP contribution < -0.4 is 16.1 Å². The molecule has 4 aromatic rings. The Balaban J connectivity index is 1.59. The van der Waals surface area contributed by atoms with Gasteiger partial charge in [0.25, 0.3) is 5.91 Å². The maximum absolute atomic E-state index is 13.1. The van der Waals surface area contributed by atoms with Gasteiger partial charge in [-0.25, -0.2) is 4.68 Å². The zero-order valence-electron chi connectivity index (χ0n) is 18.7. The predicted molar refractivity (Wildman–Crippen MR) is 138 cm³/mol. The standard InChI is InChI=1S/C26H23BrN4O3/c1-3-17-6-11-21(12-7-17)29-25(33)26(34)30-31-22-13-8-19(27)14-18(22)15-23(31)24(32)28-20-9-4-16(2)5-10-20/h4-15H,3H2,1-2H3,(H,28,32)(H,29,33)(H,30,34). The second-order valence-electron chi connectivity index (χ2n) is 7.83. The third kappa shape index (κ3) is 5.18. The summed E-state index contributed by atoms with van der Waals surface area (Å²) < 4.78 is 2.15. The molecule has 1 heterocycles. The van der Waals surface area contributed by atoms with Gasteiger partial charge in [0, 0.05) is 21.2 Å². The zero-order chi connectivity index (χ0) is 24.2. The van der Waals surface area contributed by atoms with Gasteiger partial charge in [0.15, 0.2) is 0 Å². The molecule has 7 nitrogen and oxygen atoms in total. The largest absolute Gasteiger partial charge is 0.328 e. The van der Waals surface area contributed by atoms with Crippen molar-refractivity contribution in [2.24, 2.45) is 0 Å². The molecular weight excluding hydrogens is 496 g/mol. The van der Waals surface area contributed by atoms with Gasteiger partial charge in [0.05, 0.1) is 5.52 Å². The van der Waals surface area contributed by atoms with Crippen LogP contribution in [0.3, 0.4) is 0 Å². The summed E-state index contributed by atoms with van der Waals surface area (Å²) in [4.78, 5) is 38.4. The summed E-state index contributed by atoms with van der Waals surface area (Å²) in [6.07, 6.45) is 0.874. The lowest BCUT2D eigenvalue weighted by Crippen LogP contribution is -2.36. The Labute approximate surface area is 205 Å². The summed E-state index contributed by atoms with van der Waals surface area (Å²) in [6, 6.07) is 21.7. The van der Waals surface area contributed by atoms with Crippen LogP contribution in [0.1, 0.15) is 28.5 Å². The lowest BCUT2D eigenvalue weighted by Gasteiger charge is -2.13. The van der Waals surface area contributed by atoms with E-state index in [1.807, 2.05) is 44.2 Å². The third-order valence-corrected chi connectivity index (χ3v) is 5.84. The molecule has 3 amide bonds. The van der Waals surface area contributed by atoms with E-state index in [-0.39, 0.29) is 5.69 Å². The molecule has 0 unspecified atom stereocenters. The molecule has 0 fully saturated rings. The fraction of sp³-hybridized carbons (Fsp3) is 0.115. The van der Waals surface area contributed by atoms with Gasteiger partial charge in [-0.2, -0.15) is 0 Å². The Bertz CT molecular complexity index is 1380. The average Bonchev–Trinajstić information content (AvgIpc) is 3.18. The average molecular weight is 519 g/mol. The van der Waals surface area contributed by atoms with Gasteiger partial charge in [-0.3, -0.25) is 19.8 Å². The van der Waals surface area contributed by atoms with E-state index in [1.165, 1.54) is 4.68 Å². The van der Waals surface area contributed by atoms with Crippen LogP contribution in [0.4, 0.5) is 11.4 Å². The molecule has 0 spiro atoms. The number of carbonyl (C=O) groups excluding carboxylic acids is 3. The van der Waals surface area contributed by atoms with Crippen LogP contribution in [0.15, 0.2) is 77.3 Å². The minimum absolute atomic E-state index is 0.183. The number of carbonyl (C=O) groups is 3. The third-order valence-electron chi connectivity index (χ3n) is 5.35. The summed E-state index contributed by atoms with van der Waals surface area (Å²) in [5.74, 6) is -2.16. The minimum Gasteiger partial charge on any atom is -0.321 e. The lowest BCUT2D eigenvalue weighted by atomic mass is 10.1. The van der Waals surface area contributed by atoms with Gasteiger partial charge >= 0.3 is 11.8 Å². The number of hydrogen-bond donors (Lipinski definition) is 3. The molecule has 0 saturated heterocycles. The highest BCUT2D eigenvalue weighted by molar-refractivity contribution is 9.10. The fourth-order valence-corrected chi connectivity index (χ4v) is 3.85. The van der Waals surface area contributed by atoms with Crippen molar-refractivity contribution in [1.29, 1.82) is 0 Å². The molecule has 0 atom stereocenters. The van der Waals surface area contributed by atoms with Gasteiger partial charge in [0.1, 0.15) is 5.69 Å². The van der Waals surface area contributed by atoms with Crippen LogP contribution in [0.5, 0.6) is 0 Å². The number of amides is 3. The summed E-state index contributed by atoms with van der Waals surface area (Å²) in [7, 11) is 0. The van der Waals surface area contributed by atoms with E-state index in [4.69, 9.17) is 0 Å². The van der Waals surface area contributed by atoms with Gasteiger partial charge in [-0.05, 0) is 67.4 Å². The molecule has 3 N–H and O–H groups in total. The maximum atomic E-state index is 13.1. The quantitative estimate of drug-likeness (QED) is 0.315. The second kappa shape index (κ2) is 9.93. The van der Waals surface area contributed by atoms with E-state index in [1.54, 1.807) is 42.5 Å². The number of fused-ring (bicyclic) bond motifs is 1. The highest BCUT2D eigenvalue weighted by Crippen LogP contribution is 2.24. The first-order valence-corrected chi connectivity index (χ1v) is 11.5. The molecule has 8 heteroatoms. The second-order valence-corrected chi connectivity index (χ2v) is 8.75. The minimum atomic E-state index is -0.899. The topological polar surface area (TPSA) is 92.2 Å². The number of benzene rings is 3. The predicted octanol–water partition coefficient (Wildman–Crippen LogP) is 5.24. The number of aryl methyl sites for hydroxylation is 2. The molecule has 34 heavy (non-hydrogen) atoms. The maximum Gasteiger partial charge on any atom is 0.328 e. The number of nitrogens with one attached hydrogen (secondary N) is 3. The molecule has 0 bridgehead atoms. The molecular formula is C26H23BrN4O3. The number of aromatic nitrogens is 1. The van der Waals surface area contributed by atoms with Crippen molar-refractivity contribution in [2.45, 2.75) is 20.3 Å². The number of nitrogens with zero attached hydrogens (tertiary/aromatic N) is 1. The van der Waals surface area contributed by atoms with E-state index >= 15 is 0 Å². The van der Waals surface area contributed by atoms with Gasteiger partial charge in [-0.15, -0.1) is 0 Å². The van der Waals surface area contributed by atoms with Crippen molar-refractivity contribution < 1.29 is 14.4 Å². The molecule has 4 rings (SSSR count). The summed E-state index contributed by atoms with van der Waals surface area (Å²) in [6.45, 7) is 3.99. The Hall–Kier alpha value is -3.91. The van der Waals surface area contributed by atoms with E-state index in [2.05, 4.69) is 32.0 Å². The van der Waals surface area contributed by atoms with Crippen molar-refractivity contribution in [2.75, 3.05) is 16.1 Å². The molecule has 0 aliphatic rings. The lowest BCUT2D eigenvalue weighted by molar-refractivity contribution is -0.133. The molecule has 3 aromatic carbocycles. The normalized spacial score (nSPS) is 10.7. The van der Waals surface area contributed by atoms with E-state index in [0.717, 1.165) is 27.4 Å². The zero-order valence-corrected chi connectivity index (χ0v) is 20.3. The summed E-state index contributed by atoms with van der Waals surface area (Å²) in [5, 5.41) is 6.14. The number of rotatable bonds is 5. The van der Waals surface area contributed by atoms with Crippen LogP contribution in [-0.4, -0.2) is 22.4 Å². The van der Waals surface area contributed by atoms with Crippen molar-refractivity contribution in [3.63, 3.8) is 0 Å². The van der Waals surface area contributed by atoms with Crippen LogP contribution in [-0.2, 0) is 16.0 Å².